The number of hydrogen-bond donors (Lipinski definition) is 2. The predicted molar refractivity (Wildman–Crippen MR) is 58.5 cm³/mol. The van der Waals surface area contributed by atoms with Crippen LogP contribution in [0.2, 0.25) is 0 Å². The summed E-state index contributed by atoms with van der Waals surface area (Å²) in [5.41, 5.74) is -0.687. The summed E-state index contributed by atoms with van der Waals surface area (Å²) in [6, 6.07) is -0.286. The molecule has 0 aromatic carbocycles. The number of carbonyl (C=O) groups is 2. The molecule has 2 saturated heterocycles. The molecule has 3 amide bonds. The van der Waals surface area contributed by atoms with Crippen LogP contribution in [0.1, 0.15) is 19.3 Å². The maximum Gasteiger partial charge on any atom is 0.325 e. The Hall–Kier alpha value is -1.54. The minimum atomic E-state index is -0.687. The van der Waals surface area contributed by atoms with Crippen molar-refractivity contribution >= 4 is 11.9 Å². The monoisotopic (exact) mass is 221 g/mol. The van der Waals surface area contributed by atoms with Gasteiger partial charge in [-0.2, -0.15) is 0 Å². The van der Waals surface area contributed by atoms with Crippen molar-refractivity contribution in [1.82, 2.24) is 15.5 Å². The van der Waals surface area contributed by atoms with Crippen LogP contribution in [-0.4, -0.2) is 42.0 Å². The van der Waals surface area contributed by atoms with Gasteiger partial charge < -0.3 is 10.6 Å². The van der Waals surface area contributed by atoms with Gasteiger partial charge in [-0.05, 0) is 19.4 Å². The summed E-state index contributed by atoms with van der Waals surface area (Å²) >= 11 is 0. The Bertz CT molecular complexity index is 353. The highest BCUT2D eigenvalue weighted by molar-refractivity contribution is 6.07. The van der Waals surface area contributed by atoms with E-state index in [4.69, 9.17) is 6.42 Å². The fraction of sp³-hybridized carbons (Fsp3) is 0.636. The van der Waals surface area contributed by atoms with Crippen molar-refractivity contribution in [2.24, 2.45) is 0 Å². The summed E-state index contributed by atoms with van der Waals surface area (Å²) in [7, 11) is 0. The van der Waals surface area contributed by atoms with Gasteiger partial charge in [-0.15, -0.1) is 12.3 Å². The lowest BCUT2D eigenvalue weighted by atomic mass is 9.99. The Kier molecular flexibility index (Phi) is 2.84. The van der Waals surface area contributed by atoms with Crippen molar-refractivity contribution in [3.8, 4) is 12.3 Å². The first kappa shape index (κ1) is 11.0. The maximum atomic E-state index is 12.1. The van der Waals surface area contributed by atoms with Gasteiger partial charge in [-0.1, -0.05) is 0 Å². The molecule has 0 radical (unpaired) electrons. The lowest BCUT2D eigenvalue weighted by Crippen LogP contribution is -2.48. The first-order valence-electron chi connectivity index (χ1n) is 5.48. The number of nitrogens with zero attached hydrogens (tertiary/aromatic N) is 1. The van der Waals surface area contributed by atoms with Crippen LogP contribution in [0, 0.1) is 12.3 Å². The summed E-state index contributed by atoms with van der Waals surface area (Å²) in [6.07, 6.45) is 7.06. The SMILES string of the molecule is C#CCCCN1C(=O)NC2(CCNC2)C1=O. The highest BCUT2D eigenvalue weighted by atomic mass is 16.2. The van der Waals surface area contributed by atoms with Crippen molar-refractivity contribution in [3.05, 3.63) is 0 Å². The molecule has 1 atom stereocenters. The number of unbranched alkanes of at least 4 members (excludes halogenated alkanes) is 1. The molecule has 0 aromatic rings. The summed E-state index contributed by atoms with van der Waals surface area (Å²) in [5.74, 6) is 2.39. The number of nitrogens with one attached hydrogen (secondary N) is 2. The molecule has 2 rings (SSSR count). The van der Waals surface area contributed by atoms with Gasteiger partial charge >= 0.3 is 6.03 Å². The molecule has 0 aliphatic carbocycles. The standard InChI is InChI=1S/C11H15N3O2/c1-2-3-4-7-14-9(15)11(13-10(14)16)5-6-12-8-11/h1,12H,3-8H2,(H,13,16). The van der Waals surface area contributed by atoms with E-state index in [0.29, 0.717) is 32.4 Å². The number of rotatable bonds is 3. The van der Waals surface area contributed by atoms with Crippen LogP contribution in [0.3, 0.4) is 0 Å². The Morgan fingerprint density at radius 2 is 2.31 bits per heavy atom. The predicted octanol–water partition coefficient (Wildman–Crippen LogP) is -0.316. The zero-order valence-electron chi connectivity index (χ0n) is 9.08. The van der Waals surface area contributed by atoms with E-state index in [0.717, 1.165) is 6.54 Å². The molecular weight excluding hydrogens is 206 g/mol. The quantitative estimate of drug-likeness (QED) is 0.390. The third-order valence-corrected chi connectivity index (χ3v) is 3.10. The van der Waals surface area contributed by atoms with Crippen molar-refractivity contribution < 1.29 is 9.59 Å². The molecule has 5 nitrogen and oxygen atoms in total. The molecule has 2 aliphatic heterocycles. The van der Waals surface area contributed by atoms with Crippen molar-refractivity contribution in [1.29, 1.82) is 0 Å². The Morgan fingerprint density at radius 3 is 2.94 bits per heavy atom. The third kappa shape index (κ3) is 1.65. The van der Waals surface area contributed by atoms with Gasteiger partial charge in [0.25, 0.3) is 5.91 Å². The molecule has 2 aliphatic rings. The molecule has 2 fully saturated rings. The molecule has 0 saturated carbocycles. The van der Waals surface area contributed by atoms with E-state index in [1.807, 2.05) is 0 Å². The minimum Gasteiger partial charge on any atom is -0.322 e. The Balaban J connectivity index is 2.02. The molecular formula is C11H15N3O2. The third-order valence-electron chi connectivity index (χ3n) is 3.10. The van der Waals surface area contributed by atoms with Gasteiger partial charge in [0.05, 0.1) is 0 Å². The number of amides is 3. The van der Waals surface area contributed by atoms with E-state index in [2.05, 4.69) is 16.6 Å². The summed E-state index contributed by atoms with van der Waals surface area (Å²) in [5, 5.41) is 5.88. The second-order valence-electron chi connectivity index (χ2n) is 4.20. The molecule has 2 heterocycles. The van der Waals surface area contributed by atoms with Gasteiger partial charge in [0.2, 0.25) is 0 Å². The summed E-state index contributed by atoms with van der Waals surface area (Å²) in [6.45, 7) is 1.71. The lowest BCUT2D eigenvalue weighted by molar-refractivity contribution is -0.130. The largest absolute Gasteiger partial charge is 0.325 e. The van der Waals surface area contributed by atoms with Gasteiger partial charge in [0, 0.05) is 19.5 Å². The van der Waals surface area contributed by atoms with Crippen molar-refractivity contribution in [2.75, 3.05) is 19.6 Å². The molecule has 2 N–H and O–H groups in total. The fourth-order valence-corrected chi connectivity index (χ4v) is 2.20. The first-order valence-corrected chi connectivity index (χ1v) is 5.48. The molecule has 16 heavy (non-hydrogen) atoms. The van der Waals surface area contributed by atoms with Crippen LogP contribution in [0.5, 0.6) is 0 Å². The molecule has 0 bridgehead atoms. The Labute approximate surface area is 94.6 Å². The van der Waals surface area contributed by atoms with E-state index >= 15 is 0 Å². The number of terminal acetylenes is 1. The van der Waals surface area contributed by atoms with Crippen LogP contribution in [0.25, 0.3) is 0 Å². The van der Waals surface area contributed by atoms with Crippen molar-refractivity contribution in [2.45, 2.75) is 24.8 Å². The van der Waals surface area contributed by atoms with Crippen LogP contribution in [-0.2, 0) is 4.79 Å². The zero-order valence-corrected chi connectivity index (χ0v) is 9.08. The zero-order chi connectivity index (χ0) is 11.6. The second-order valence-corrected chi connectivity index (χ2v) is 4.20. The van der Waals surface area contributed by atoms with Crippen LogP contribution in [0.15, 0.2) is 0 Å². The number of urea groups is 1. The average molecular weight is 221 g/mol. The van der Waals surface area contributed by atoms with Gasteiger partial charge in [-0.25, -0.2) is 4.79 Å². The topological polar surface area (TPSA) is 61.4 Å². The second kappa shape index (κ2) is 4.14. The summed E-state index contributed by atoms with van der Waals surface area (Å²) in [4.78, 5) is 25.0. The fourth-order valence-electron chi connectivity index (χ4n) is 2.20. The van der Waals surface area contributed by atoms with E-state index in [1.54, 1.807) is 0 Å². The van der Waals surface area contributed by atoms with Crippen LogP contribution in [0.4, 0.5) is 4.79 Å². The average Bonchev–Trinajstić information content (AvgIpc) is 2.80. The van der Waals surface area contributed by atoms with Crippen LogP contribution >= 0.6 is 0 Å². The van der Waals surface area contributed by atoms with E-state index in [9.17, 15) is 9.59 Å². The van der Waals surface area contributed by atoms with Crippen LogP contribution < -0.4 is 10.6 Å². The van der Waals surface area contributed by atoms with E-state index < -0.39 is 5.54 Å². The van der Waals surface area contributed by atoms with Gasteiger partial charge in [-0.3, -0.25) is 9.69 Å². The normalized spacial score (nSPS) is 28.6. The molecule has 1 spiro atoms. The molecule has 86 valence electrons. The summed E-state index contributed by atoms with van der Waals surface area (Å²) < 4.78 is 0. The Morgan fingerprint density at radius 1 is 1.50 bits per heavy atom. The maximum absolute atomic E-state index is 12.1. The minimum absolute atomic E-state index is 0.112. The van der Waals surface area contributed by atoms with Gasteiger partial charge in [0.15, 0.2) is 0 Å². The molecule has 1 unspecified atom stereocenters. The number of carbonyl (C=O) groups excluding carboxylic acids is 2. The highest BCUT2D eigenvalue weighted by Crippen LogP contribution is 2.24. The lowest BCUT2D eigenvalue weighted by Gasteiger charge is -2.18. The van der Waals surface area contributed by atoms with Gasteiger partial charge in [0.1, 0.15) is 5.54 Å². The van der Waals surface area contributed by atoms with Crippen molar-refractivity contribution in [3.63, 3.8) is 0 Å². The smallest absolute Gasteiger partial charge is 0.322 e. The molecule has 0 aromatic heterocycles. The van der Waals surface area contributed by atoms with E-state index in [-0.39, 0.29) is 11.9 Å². The number of hydrogen-bond acceptors (Lipinski definition) is 3. The number of imide groups is 1. The van der Waals surface area contributed by atoms with E-state index in [1.165, 1.54) is 4.90 Å². The highest BCUT2D eigenvalue weighted by Gasteiger charge is 2.52. The molecule has 5 heteroatoms. The first-order chi connectivity index (χ1) is 7.69.